The van der Waals surface area contributed by atoms with E-state index in [4.69, 9.17) is 16.3 Å². The highest BCUT2D eigenvalue weighted by molar-refractivity contribution is 7.89. The van der Waals surface area contributed by atoms with Crippen LogP contribution in [0.3, 0.4) is 0 Å². The molecule has 1 aliphatic heterocycles. The SMILES string of the molecule is COc1ccc(S(=O)(=O)N(CCc2ccccc2)CC(=O)NCCc2ccc(S(=O)(=O)N3CCCC3)cc2)cc1Cl. The number of sulfonamides is 2. The zero-order chi connectivity index (χ0) is 29.5. The van der Waals surface area contributed by atoms with Crippen LogP contribution in [0.25, 0.3) is 0 Å². The van der Waals surface area contributed by atoms with Gasteiger partial charge >= 0.3 is 0 Å². The van der Waals surface area contributed by atoms with E-state index in [1.807, 2.05) is 30.3 Å². The Hall–Kier alpha value is -2.96. The molecule has 220 valence electrons. The highest BCUT2D eigenvalue weighted by atomic mass is 35.5. The summed E-state index contributed by atoms with van der Waals surface area (Å²) >= 11 is 6.19. The van der Waals surface area contributed by atoms with Crippen LogP contribution < -0.4 is 10.1 Å². The maximum Gasteiger partial charge on any atom is 0.243 e. The van der Waals surface area contributed by atoms with Gasteiger partial charge in [0, 0.05) is 26.2 Å². The van der Waals surface area contributed by atoms with Crippen LogP contribution in [-0.2, 0) is 37.7 Å². The monoisotopic (exact) mass is 619 g/mol. The van der Waals surface area contributed by atoms with Crippen molar-refractivity contribution < 1.29 is 26.4 Å². The Morgan fingerprint density at radius 1 is 0.902 bits per heavy atom. The zero-order valence-electron chi connectivity index (χ0n) is 22.8. The van der Waals surface area contributed by atoms with E-state index in [1.54, 1.807) is 24.3 Å². The van der Waals surface area contributed by atoms with E-state index in [-0.39, 0.29) is 34.4 Å². The Labute approximate surface area is 247 Å². The molecule has 0 aromatic heterocycles. The molecule has 41 heavy (non-hydrogen) atoms. The molecule has 1 heterocycles. The highest BCUT2D eigenvalue weighted by Crippen LogP contribution is 2.28. The third-order valence-electron chi connectivity index (χ3n) is 6.94. The van der Waals surface area contributed by atoms with Crippen LogP contribution in [0.1, 0.15) is 24.0 Å². The van der Waals surface area contributed by atoms with Crippen LogP contribution in [-0.4, -0.2) is 71.2 Å². The summed E-state index contributed by atoms with van der Waals surface area (Å²) in [6.45, 7) is 1.07. The van der Waals surface area contributed by atoms with Crippen LogP contribution in [0.5, 0.6) is 5.75 Å². The number of halogens is 1. The van der Waals surface area contributed by atoms with Gasteiger partial charge in [0.2, 0.25) is 26.0 Å². The van der Waals surface area contributed by atoms with Crippen molar-refractivity contribution in [2.45, 2.75) is 35.5 Å². The van der Waals surface area contributed by atoms with Crippen molar-refractivity contribution in [1.29, 1.82) is 0 Å². The highest BCUT2D eigenvalue weighted by Gasteiger charge is 2.28. The molecule has 4 rings (SSSR count). The molecule has 3 aromatic carbocycles. The van der Waals surface area contributed by atoms with Gasteiger partial charge in [-0.25, -0.2) is 16.8 Å². The van der Waals surface area contributed by atoms with Crippen molar-refractivity contribution >= 4 is 37.6 Å². The molecule has 3 aromatic rings. The fourth-order valence-electron chi connectivity index (χ4n) is 4.61. The third kappa shape index (κ3) is 7.87. The molecule has 12 heteroatoms. The van der Waals surface area contributed by atoms with Gasteiger partial charge in [0.05, 0.1) is 28.5 Å². The molecule has 1 saturated heterocycles. The Balaban J connectivity index is 1.39. The predicted octanol–water partition coefficient (Wildman–Crippen LogP) is 3.73. The predicted molar refractivity (Wildman–Crippen MR) is 158 cm³/mol. The van der Waals surface area contributed by atoms with Crippen molar-refractivity contribution in [1.82, 2.24) is 13.9 Å². The molecule has 0 radical (unpaired) electrons. The second-order valence-corrected chi connectivity index (χ2v) is 14.0. The van der Waals surface area contributed by atoms with Gasteiger partial charge in [-0.2, -0.15) is 8.61 Å². The van der Waals surface area contributed by atoms with E-state index >= 15 is 0 Å². The third-order valence-corrected chi connectivity index (χ3v) is 11.0. The van der Waals surface area contributed by atoms with Gasteiger partial charge < -0.3 is 10.1 Å². The largest absolute Gasteiger partial charge is 0.495 e. The molecule has 1 fully saturated rings. The average molecular weight is 620 g/mol. The zero-order valence-corrected chi connectivity index (χ0v) is 25.2. The lowest BCUT2D eigenvalue weighted by Gasteiger charge is -2.22. The number of methoxy groups -OCH3 is 1. The van der Waals surface area contributed by atoms with Gasteiger partial charge in [-0.1, -0.05) is 54.1 Å². The number of ether oxygens (including phenoxy) is 1. The molecule has 0 bridgehead atoms. The molecular formula is C29H34ClN3O6S2. The van der Waals surface area contributed by atoms with Crippen LogP contribution >= 0.6 is 11.6 Å². The number of amides is 1. The minimum absolute atomic E-state index is 0.0341. The Morgan fingerprint density at radius 3 is 2.17 bits per heavy atom. The molecule has 0 saturated carbocycles. The Bertz CT molecular complexity index is 1540. The number of hydrogen-bond donors (Lipinski definition) is 1. The smallest absolute Gasteiger partial charge is 0.243 e. The van der Waals surface area contributed by atoms with Gasteiger partial charge in [0.25, 0.3) is 0 Å². The molecule has 9 nitrogen and oxygen atoms in total. The number of nitrogens with zero attached hydrogens (tertiary/aromatic N) is 2. The lowest BCUT2D eigenvalue weighted by molar-refractivity contribution is -0.121. The molecule has 0 aliphatic carbocycles. The molecular weight excluding hydrogens is 586 g/mol. The lowest BCUT2D eigenvalue weighted by atomic mass is 10.1. The topological polar surface area (TPSA) is 113 Å². The standard InChI is InChI=1S/C29H34ClN3O6S2/c1-39-28-14-13-26(21-27(28)30)41(37,38)33(20-16-23-7-3-2-4-8-23)22-29(34)31-17-15-24-9-11-25(12-10-24)40(35,36)32-18-5-6-19-32/h2-4,7-14,21H,5-6,15-20,22H2,1H3,(H,31,34). The second kappa shape index (κ2) is 13.8. The van der Waals surface area contributed by atoms with E-state index in [0.717, 1.165) is 28.3 Å². The van der Waals surface area contributed by atoms with Gasteiger partial charge in [0.1, 0.15) is 5.75 Å². The first-order valence-electron chi connectivity index (χ1n) is 13.3. The van der Waals surface area contributed by atoms with Crippen LogP contribution in [0, 0.1) is 0 Å². The van der Waals surface area contributed by atoms with E-state index in [9.17, 15) is 21.6 Å². The van der Waals surface area contributed by atoms with Gasteiger partial charge in [-0.3, -0.25) is 4.79 Å². The number of nitrogens with one attached hydrogen (secondary N) is 1. The number of rotatable bonds is 13. The molecule has 0 unspecified atom stereocenters. The van der Waals surface area contributed by atoms with Crippen LogP contribution in [0.4, 0.5) is 0 Å². The number of benzene rings is 3. The number of hydrogen-bond acceptors (Lipinski definition) is 6. The van der Waals surface area contributed by atoms with E-state index in [2.05, 4.69) is 5.32 Å². The normalized spacial score (nSPS) is 14.3. The molecule has 1 aliphatic rings. The van der Waals surface area contributed by atoms with Crippen molar-refractivity contribution in [3.8, 4) is 5.75 Å². The summed E-state index contributed by atoms with van der Waals surface area (Å²) in [5.41, 5.74) is 1.79. The first-order valence-corrected chi connectivity index (χ1v) is 16.6. The van der Waals surface area contributed by atoms with Crippen molar-refractivity contribution in [2.75, 3.05) is 39.8 Å². The molecule has 0 spiro atoms. The fraction of sp³-hybridized carbons (Fsp3) is 0.345. The minimum atomic E-state index is -4.05. The average Bonchev–Trinajstić information content (AvgIpc) is 3.52. The number of carbonyl (C=O) groups excluding carboxylic acids is 1. The summed E-state index contributed by atoms with van der Waals surface area (Å²) in [5.74, 6) is -0.102. The van der Waals surface area contributed by atoms with Gasteiger partial charge in [-0.05, 0) is 67.1 Å². The summed E-state index contributed by atoms with van der Waals surface area (Å²) in [7, 11) is -6.09. The Kier molecular flexibility index (Phi) is 10.4. The summed E-state index contributed by atoms with van der Waals surface area (Å²) in [6.07, 6.45) is 2.62. The van der Waals surface area contributed by atoms with Crippen LogP contribution in [0.2, 0.25) is 5.02 Å². The fourth-order valence-corrected chi connectivity index (χ4v) is 7.87. The second-order valence-electron chi connectivity index (χ2n) is 9.73. The van der Waals surface area contributed by atoms with E-state index in [1.165, 1.54) is 29.6 Å². The first-order chi connectivity index (χ1) is 19.6. The number of carbonyl (C=O) groups is 1. The summed E-state index contributed by atoms with van der Waals surface area (Å²) in [6, 6.07) is 20.3. The molecule has 1 amide bonds. The lowest BCUT2D eigenvalue weighted by Crippen LogP contribution is -2.42. The maximum absolute atomic E-state index is 13.5. The van der Waals surface area contributed by atoms with Crippen molar-refractivity contribution in [3.05, 3.63) is 88.9 Å². The molecule has 1 N–H and O–H groups in total. The molecule has 0 atom stereocenters. The summed E-state index contributed by atoms with van der Waals surface area (Å²) in [5, 5.41) is 2.94. The quantitative estimate of drug-likeness (QED) is 0.312. The maximum atomic E-state index is 13.5. The van der Waals surface area contributed by atoms with Gasteiger partial charge in [-0.15, -0.1) is 0 Å². The van der Waals surface area contributed by atoms with Crippen molar-refractivity contribution in [3.63, 3.8) is 0 Å². The minimum Gasteiger partial charge on any atom is -0.495 e. The first kappa shape index (κ1) is 31.0. The van der Waals surface area contributed by atoms with Crippen molar-refractivity contribution in [2.24, 2.45) is 0 Å². The summed E-state index contributed by atoms with van der Waals surface area (Å²) < 4.78 is 60.3. The van der Waals surface area contributed by atoms with Gasteiger partial charge in [0.15, 0.2) is 0 Å². The van der Waals surface area contributed by atoms with Crippen LogP contribution in [0.15, 0.2) is 82.6 Å². The Morgan fingerprint density at radius 2 is 1.54 bits per heavy atom. The summed E-state index contributed by atoms with van der Waals surface area (Å²) in [4.78, 5) is 13.1. The van der Waals surface area contributed by atoms with E-state index < -0.39 is 26.0 Å². The van der Waals surface area contributed by atoms with E-state index in [0.29, 0.717) is 31.7 Å².